The third-order valence-corrected chi connectivity index (χ3v) is 9.03. The summed E-state index contributed by atoms with van der Waals surface area (Å²) >= 11 is 0. The Morgan fingerprint density at radius 1 is 0.957 bits per heavy atom. The summed E-state index contributed by atoms with van der Waals surface area (Å²) < 4.78 is 10.3. The van der Waals surface area contributed by atoms with Crippen LogP contribution in [0, 0.1) is 6.92 Å². The van der Waals surface area contributed by atoms with Crippen LogP contribution in [-0.2, 0) is 5.41 Å². The predicted molar refractivity (Wildman–Crippen MR) is 182 cm³/mol. The molecule has 7 rings (SSSR count). The van der Waals surface area contributed by atoms with Crippen molar-refractivity contribution in [3.05, 3.63) is 89.2 Å². The molecule has 11 nitrogen and oxygen atoms in total. The molecule has 0 saturated carbocycles. The zero-order valence-corrected chi connectivity index (χ0v) is 27.4. The van der Waals surface area contributed by atoms with E-state index in [1.807, 2.05) is 53.9 Å². The Morgan fingerprint density at radius 2 is 1.74 bits per heavy atom. The first-order valence-corrected chi connectivity index (χ1v) is 16.5. The van der Waals surface area contributed by atoms with Crippen LogP contribution in [0.1, 0.15) is 87.4 Å². The van der Waals surface area contributed by atoms with Crippen LogP contribution in [0.2, 0.25) is 0 Å². The molecule has 1 fully saturated rings. The number of phenols is 1. The fraction of sp³-hybridized carbons (Fsp3) is 0.389. The quantitative estimate of drug-likeness (QED) is 0.184. The summed E-state index contributed by atoms with van der Waals surface area (Å²) in [4.78, 5) is 15.8. The molecule has 0 radical (unpaired) electrons. The average Bonchev–Trinajstić information content (AvgIpc) is 3.67. The number of hydrogen-bond donors (Lipinski definition) is 3. The molecule has 3 N–H and O–H groups in total. The van der Waals surface area contributed by atoms with Gasteiger partial charge in [-0.05, 0) is 80.0 Å². The molecule has 2 atom stereocenters. The van der Waals surface area contributed by atoms with Crippen LogP contribution in [-0.4, -0.2) is 48.6 Å². The molecule has 1 aliphatic carbocycles. The lowest BCUT2D eigenvalue weighted by molar-refractivity contribution is 0.171. The minimum Gasteiger partial charge on any atom is -0.508 e. The van der Waals surface area contributed by atoms with Crippen LogP contribution in [0.25, 0.3) is 11.3 Å². The molecule has 5 aromatic rings. The number of rotatable bonds is 6. The van der Waals surface area contributed by atoms with Gasteiger partial charge in [0, 0.05) is 30.6 Å². The number of benzene rings is 2. The molecule has 0 unspecified atom stereocenters. The number of nitrogens with one attached hydrogen (secondary N) is 2. The first-order chi connectivity index (χ1) is 22.6. The van der Waals surface area contributed by atoms with Gasteiger partial charge in [-0.3, -0.25) is 9.72 Å². The number of pyridine rings is 1. The largest absolute Gasteiger partial charge is 0.508 e. The zero-order valence-electron chi connectivity index (χ0n) is 27.4. The van der Waals surface area contributed by atoms with E-state index in [1.54, 1.807) is 16.8 Å². The Balaban J connectivity index is 1.09. The second-order valence-electron chi connectivity index (χ2n) is 13.7. The van der Waals surface area contributed by atoms with Crippen molar-refractivity contribution in [3.63, 3.8) is 0 Å². The number of ether oxygens (including phenoxy) is 1. The smallest absolute Gasteiger partial charge is 0.320 e. The van der Waals surface area contributed by atoms with Crippen LogP contribution < -0.4 is 20.3 Å². The Hall–Kier alpha value is -5.06. The monoisotopic (exact) mass is 634 g/mol. The van der Waals surface area contributed by atoms with Gasteiger partial charge in [0.25, 0.3) is 0 Å². The molecular weight excluding hydrogens is 592 g/mol. The number of urea groups is 1. The Morgan fingerprint density at radius 3 is 2.51 bits per heavy atom. The second kappa shape index (κ2) is 12.3. The average molecular weight is 635 g/mol. The van der Waals surface area contributed by atoms with E-state index in [2.05, 4.69) is 58.6 Å². The SMILES string of the molecule is Cc1cc(O)cc(-n2nc(C(C)(C)C)cc2NC(=O)N[C@H]2CC[C@@H](Oc3ccc4nnc(N5CCCCC5)n4c3)c3ccccc32)c1. The number of anilines is 2. The van der Waals surface area contributed by atoms with Gasteiger partial charge < -0.3 is 20.1 Å². The van der Waals surface area contributed by atoms with Gasteiger partial charge in [0.05, 0.1) is 23.6 Å². The lowest BCUT2D eigenvalue weighted by atomic mass is 9.85. The molecule has 1 saturated heterocycles. The topological polar surface area (TPSA) is 122 Å². The first-order valence-electron chi connectivity index (χ1n) is 16.5. The highest BCUT2D eigenvalue weighted by atomic mass is 16.5. The Kier molecular flexibility index (Phi) is 7.99. The van der Waals surface area contributed by atoms with E-state index in [-0.39, 0.29) is 29.3 Å². The van der Waals surface area contributed by atoms with Gasteiger partial charge in [0.2, 0.25) is 5.95 Å². The molecule has 0 bridgehead atoms. The number of carbonyl (C=O) groups is 1. The number of carbonyl (C=O) groups excluding carboxylic acids is 1. The Labute approximate surface area is 274 Å². The van der Waals surface area contributed by atoms with Crippen LogP contribution in [0.4, 0.5) is 16.6 Å². The highest BCUT2D eigenvalue weighted by Crippen LogP contribution is 2.39. The first kappa shape index (κ1) is 30.6. The molecule has 47 heavy (non-hydrogen) atoms. The number of amides is 2. The van der Waals surface area contributed by atoms with Crippen molar-refractivity contribution in [1.29, 1.82) is 0 Å². The van der Waals surface area contributed by atoms with Gasteiger partial charge in [-0.2, -0.15) is 5.10 Å². The van der Waals surface area contributed by atoms with Crippen molar-refractivity contribution in [2.75, 3.05) is 23.3 Å². The summed E-state index contributed by atoms with van der Waals surface area (Å²) in [6.07, 6.45) is 6.85. The number of fused-ring (bicyclic) bond motifs is 2. The molecule has 11 heteroatoms. The molecule has 244 valence electrons. The highest BCUT2D eigenvalue weighted by molar-refractivity contribution is 5.89. The maximum atomic E-state index is 13.5. The summed E-state index contributed by atoms with van der Waals surface area (Å²) in [6.45, 7) is 10.1. The summed E-state index contributed by atoms with van der Waals surface area (Å²) in [5.74, 6) is 2.28. The van der Waals surface area contributed by atoms with Crippen molar-refractivity contribution in [2.45, 2.75) is 77.4 Å². The van der Waals surface area contributed by atoms with Gasteiger partial charge in [0.1, 0.15) is 23.4 Å². The minimum atomic E-state index is -0.328. The summed E-state index contributed by atoms with van der Waals surface area (Å²) in [5.41, 5.74) is 5.03. The van der Waals surface area contributed by atoms with E-state index in [4.69, 9.17) is 9.84 Å². The van der Waals surface area contributed by atoms with Crippen molar-refractivity contribution >= 4 is 23.4 Å². The van der Waals surface area contributed by atoms with E-state index in [9.17, 15) is 9.90 Å². The fourth-order valence-corrected chi connectivity index (χ4v) is 6.63. The van der Waals surface area contributed by atoms with Gasteiger partial charge in [-0.15, -0.1) is 10.2 Å². The lowest BCUT2D eigenvalue weighted by Crippen LogP contribution is -2.36. The third kappa shape index (κ3) is 6.34. The maximum Gasteiger partial charge on any atom is 0.320 e. The van der Waals surface area contributed by atoms with E-state index in [0.29, 0.717) is 17.9 Å². The molecule has 0 spiro atoms. The molecule has 4 heterocycles. The number of aryl methyl sites for hydroxylation is 1. The van der Waals surface area contributed by atoms with Gasteiger partial charge >= 0.3 is 6.03 Å². The maximum absolute atomic E-state index is 13.5. The summed E-state index contributed by atoms with van der Waals surface area (Å²) in [7, 11) is 0. The molecule has 1 aliphatic heterocycles. The van der Waals surface area contributed by atoms with Crippen molar-refractivity contribution in [3.8, 4) is 17.2 Å². The van der Waals surface area contributed by atoms with Crippen molar-refractivity contribution in [1.82, 2.24) is 29.7 Å². The predicted octanol–water partition coefficient (Wildman–Crippen LogP) is 6.99. The van der Waals surface area contributed by atoms with Crippen LogP contribution in [0.3, 0.4) is 0 Å². The summed E-state index contributed by atoms with van der Waals surface area (Å²) in [5, 5.41) is 30.2. The number of aromatic hydroxyl groups is 1. The van der Waals surface area contributed by atoms with E-state index in [1.165, 1.54) is 6.42 Å². The molecule has 2 aliphatic rings. The zero-order chi connectivity index (χ0) is 32.7. The number of nitrogens with zero attached hydrogens (tertiary/aromatic N) is 6. The van der Waals surface area contributed by atoms with Crippen LogP contribution in [0.5, 0.6) is 11.5 Å². The van der Waals surface area contributed by atoms with Crippen LogP contribution >= 0.6 is 0 Å². The van der Waals surface area contributed by atoms with Crippen molar-refractivity contribution in [2.24, 2.45) is 0 Å². The third-order valence-electron chi connectivity index (χ3n) is 9.03. The standard InChI is InChI=1S/C36H42N8O3/c1-23-18-24(20-25(45)19-23)44-33(21-31(41-44)36(2,3)4)38-34(46)37-29-13-14-30(28-11-7-6-10-27(28)29)47-26-12-15-32-39-40-35(43(32)22-26)42-16-8-5-9-17-42/h6-7,10-12,15,18-22,29-30,45H,5,8-9,13-14,16-17H2,1-4H3,(H2,37,38,46)/t29-,30+/m0/s1. The molecule has 2 amide bonds. The summed E-state index contributed by atoms with van der Waals surface area (Å²) in [6, 6.07) is 18.7. The second-order valence-corrected chi connectivity index (χ2v) is 13.7. The molecule has 2 aromatic carbocycles. The number of hydrogen-bond acceptors (Lipinski definition) is 7. The fourth-order valence-electron chi connectivity index (χ4n) is 6.63. The number of phenolic OH excluding ortho intramolecular Hbond substituents is 1. The van der Waals surface area contributed by atoms with Crippen LogP contribution in [0.15, 0.2) is 66.9 Å². The van der Waals surface area contributed by atoms with Gasteiger partial charge in [-0.25, -0.2) is 9.48 Å². The van der Waals surface area contributed by atoms with E-state index >= 15 is 0 Å². The number of piperidine rings is 1. The minimum absolute atomic E-state index is 0.142. The van der Waals surface area contributed by atoms with E-state index < -0.39 is 0 Å². The van der Waals surface area contributed by atoms with E-state index in [0.717, 1.165) is 72.1 Å². The Bertz CT molecular complexity index is 1900. The van der Waals surface area contributed by atoms with Gasteiger partial charge in [0.15, 0.2) is 5.65 Å². The highest BCUT2D eigenvalue weighted by Gasteiger charge is 2.30. The number of aromatic nitrogens is 5. The van der Waals surface area contributed by atoms with Crippen molar-refractivity contribution < 1.29 is 14.6 Å². The molecular formula is C36H42N8O3. The lowest BCUT2D eigenvalue weighted by Gasteiger charge is -2.32. The van der Waals surface area contributed by atoms with Gasteiger partial charge in [-0.1, -0.05) is 45.0 Å². The normalized spacial score (nSPS) is 18.2. The molecule has 3 aromatic heterocycles.